The minimum absolute atomic E-state index is 0.0429. The van der Waals surface area contributed by atoms with Crippen molar-refractivity contribution in [1.29, 1.82) is 0 Å². The number of hydrogen-bond donors (Lipinski definition) is 0. The lowest BCUT2D eigenvalue weighted by Crippen LogP contribution is -2.38. The fourth-order valence-corrected chi connectivity index (χ4v) is 4.56. The number of fused-ring (bicyclic) bond motifs is 1. The molecular weight excluding hydrogens is 384 g/mol. The molecule has 0 radical (unpaired) electrons. The average molecular weight is 411 g/mol. The molecule has 0 saturated carbocycles. The molecule has 29 heavy (non-hydrogen) atoms. The molecule has 2 aromatic carbocycles. The smallest absolute Gasteiger partial charge is 0.233 e. The number of benzene rings is 2. The van der Waals surface area contributed by atoms with E-state index in [0.717, 1.165) is 41.0 Å². The molecule has 1 unspecified atom stereocenters. The number of rotatable bonds is 7. The zero-order valence-electron chi connectivity index (χ0n) is 16.9. The zero-order chi connectivity index (χ0) is 20.2. The number of carbonyl (C=O) groups excluding carboxylic acids is 1. The van der Waals surface area contributed by atoms with Gasteiger partial charge < -0.3 is 9.47 Å². The molecule has 0 N–H and O–H groups in total. The maximum absolute atomic E-state index is 13.3. The summed E-state index contributed by atoms with van der Waals surface area (Å²) >= 11 is 1.53. The van der Waals surface area contributed by atoms with E-state index in [2.05, 4.69) is 0 Å². The van der Waals surface area contributed by atoms with Gasteiger partial charge >= 0.3 is 0 Å². The Morgan fingerprint density at radius 2 is 2.10 bits per heavy atom. The van der Waals surface area contributed by atoms with Crippen LogP contribution in [-0.2, 0) is 16.0 Å². The third-order valence-corrected chi connectivity index (χ3v) is 6.13. The normalized spacial score (nSPS) is 16.3. The van der Waals surface area contributed by atoms with Crippen LogP contribution in [0.2, 0.25) is 0 Å². The number of carbonyl (C=O) groups is 1. The van der Waals surface area contributed by atoms with Crippen LogP contribution in [-0.4, -0.2) is 36.8 Å². The van der Waals surface area contributed by atoms with Crippen molar-refractivity contribution in [2.45, 2.75) is 39.2 Å². The topological polar surface area (TPSA) is 51.7 Å². The van der Waals surface area contributed by atoms with Crippen molar-refractivity contribution in [2.24, 2.45) is 0 Å². The van der Waals surface area contributed by atoms with Crippen LogP contribution in [0.4, 0.5) is 5.13 Å². The first kappa shape index (κ1) is 19.9. The molecule has 6 heteroatoms. The molecule has 4 rings (SSSR count). The van der Waals surface area contributed by atoms with Gasteiger partial charge in [0.25, 0.3) is 0 Å². The van der Waals surface area contributed by atoms with E-state index < -0.39 is 0 Å². The summed E-state index contributed by atoms with van der Waals surface area (Å²) < 4.78 is 12.6. The molecule has 5 nitrogen and oxygen atoms in total. The minimum Gasteiger partial charge on any atom is -0.492 e. The molecule has 1 aliphatic rings. The molecule has 0 bridgehead atoms. The van der Waals surface area contributed by atoms with Gasteiger partial charge in [0.1, 0.15) is 11.3 Å². The summed E-state index contributed by atoms with van der Waals surface area (Å²) in [7, 11) is 0. The number of aromatic nitrogens is 1. The number of thiazole rings is 1. The van der Waals surface area contributed by atoms with Gasteiger partial charge in [0, 0.05) is 6.61 Å². The Kier molecular flexibility index (Phi) is 6.11. The Hall–Kier alpha value is -2.44. The molecule has 3 aromatic rings. The van der Waals surface area contributed by atoms with Gasteiger partial charge in [0.15, 0.2) is 5.13 Å². The summed E-state index contributed by atoms with van der Waals surface area (Å²) in [6, 6.07) is 14.0. The summed E-state index contributed by atoms with van der Waals surface area (Å²) in [5, 5.41) is 0.708. The van der Waals surface area contributed by atoms with Crippen molar-refractivity contribution >= 4 is 32.6 Å². The van der Waals surface area contributed by atoms with Crippen molar-refractivity contribution in [1.82, 2.24) is 4.98 Å². The van der Waals surface area contributed by atoms with E-state index >= 15 is 0 Å². The number of anilines is 1. The Morgan fingerprint density at radius 1 is 1.28 bits per heavy atom. The van der Waals surface area contributed by atoms with Crippen molar-refractivity contribution in [2.75, 3.05) is 24.7 Å². The number of hydrogen-bond acceptors (Lipinski definition) is 5. The summed E-state index contributed by atoms with van der Waals surface area (Å²) in [5.41, 5.74) is 3.01. The number of amides is 1. The average Bonchev–Trinajstić information content (AvgIpc) is 3.38. The van der Waals surface area contributed by atoms with Crippen LogP contribution in [0, 0.1) is 6.92 Å². The van der Waals surface area contributed by atoms with Gasteiger partial charge in [-0.05, 0) is 44.4 Å². The van der Waals surface area contributed by atoms with Crippen LogP contribution in [0.5, 0.6) is 5.75 Å². The van der Waals surface area contributed by atoms with E-state index in [-0.39, 0.29) is 12.0 Å². The Balaban J connectivity index is 1.64. The summed E-state index contributed by atoms with van der Waals surface area (Å²) in [6.45, 7) is 5.89. The van der Waals surface area contributed by atoms with E-state index in [1.165, 1.54) is 16.9 Å². The second-order valence-corrected chi connectivity index (χ2v) is 8.34. The van der Waals surface area contributed by atoms with Gasteiger partial charge in [-0.25, -0.2) is 4.98 Å². The summed E-state index contributed by atoms with van der Waals surface area (Å²) in [4.78, 5) is 19.9. The molecule has 1 aliphatic heterocycles. The predicted molar refractivity (Wildman–Crippen MR) is 117 cm³/mol. The zero-order valence-corrected chi connectivity index (χ0v) is 17.7. The van der Waals surface area contributed by atoms with Gasteiger partial charge in [-0.1, -0.05) is 47.2 Å². The molecule has 1 amide bonds. The number of ether oxygens (including phenoxy) is 2. The van der Waals surface area contributed by atoms with E-state index in [1.54, 1.807) is 4.90 Å². The Bertz CT molecular complexity index is 977. The van der Waals surface area contributed by atoms with Gasteiger partial charge in [-0.15, -0.1) is 0 Å². The lowest BCUT2D eigenvalue weighted by Gasteiger charge is -2.23. The molecule has 0 aliphatic carbocycles. The molecule has 1 saturated heterocycles. The van der Waals surface area contributed by atoms with E-state index in [4.69, 9.17) is 14.5 Å². The molecule has 1 aromatic heterocycles. The molecule has 0 spiro atoms. The van der Waals surface area contributed by atoms with Gasteiger partial charge in [0.2, 0.25) is 5.91 Å². The van der Waals surface area contributed by atoms with E-state index in [1.807, 2.05) is 56.3 Å². The van der Waals surface area contributed by atoms with Gasteiger partial charge in [-0.2, -0.15) is 0 Å². The largest absolute Gasteiger partial charge is 0.492 e. The quantitative estimate of drug-likeness (QED) is 0.564. The first-order valence-corrected chi connectivity index (χ1v) is 11.0. The van der Waals surface area contributed by atoms with Gasteiger partial charge in [0.05, 0.1) is 30.4 Å². The van der Waals surface area contributed by atoms with Crippen LogP contribution in [0.15, 0.2) is 42.5 Å². The standard InChI is InChI=1S/C23H26N2O3S/c1-3-27-19-7-4-8-20-22(19)24-23(29-20)25(15-18-6-5-13-28-18)21(26)14-17-11-9-16(2)10-12-17/h4,7-12,18H,3,5-6,13-15H2,1-2H3. The van der Waals surface area contributed by atoms with Crippen molar-refractivity contribution in [3.05, 3.63) is 53.6 Å². The van der Waals surface area contributed by atoms with Crippen LogP contribution in [0.25, 0.3) is 10.2 Å². The van der Waals surface area contributed by atoms with Crippen LogP contribution in [0.3, 0.4) is 0 Å². The lowest BCUT2D eigenvalue weighted by atomic mass is 10.1. The van der Waals surface area contributed by atoms with E-state index in [0.29, 0.717) is 24.7 Å². The summed E-state index contributed by atoms with van der Waals surface area (Å²) in [5.74, 6) is 0.803. The second-order valence-electron chi connectivity index (χ2n) is 7.33. The fourth-order valence-electron chi connectivity index (χ4n) is 3.55. The third kappa shape index (κ3) is 4.60. The Labute approximate surface area is 175 Å². The van der Waals surface area contributed by atoms with Crippen LogP contribution < -0.4 is 9.64 Å². The number of aryl methyl sites for hydroxylation is 1. The monoisotopic (exact) mass is 410 g/mol. The maximum Gasteiger partial charge on any atom is 0.233 e. The molecule has 152 valence electrons. The minimum atomic E-state index is 0.0429. The van der Waals surface area contributed by atoms with Crippen LogP contribution >= 0.6 is 11.3 Å². The highest BCUT2D eigenvalue weighted by atomic mass is 32.1. The second kappa shape index (κ2) is 8.93. The maximum atomic E-state index is 13.3. The van der Waals surface area contributed by atoms with E-state index in [9.17, 15) is 4.79 Å². The van der Waals surface area contributed by atoms with Crippen LogP contribution in [0.1, 0.15) is 30.9 Å². The van der Waals surface area contributed by atoms with Crippen molar-refractivity contribution in [3.63, 3.8) is 0 Å². The van der Waals surface area contributed by atoms with Crippen molar-refractivity contribution < 1.29 is 14.3 Å². The third-order valence-electron chi connectivity index (χ3n) is 5.09. The predicted octanol–water partition coefficient (Wildman–Crippen LogP) is 4.76. The fraction of sp³-hybridized carbons (Fsp3) is 0.391. The first-order valence-electron chi connectivity index (χ1n) is 10.1. The lowest BCUT2D eigenvalue weighted by molar-refractivity contribution is -0.118. The number of nitrogens with zero attached hydrogens (tertiary/aromatic N) is 2. The summed E-state index contributed by atoms with van der Waals surface area (Å²) in [6.07, 6.45) is 2.43. The Morgan fingerprint density at radius 3 is 2.83 bits per heavy atom. The molecule has 1 fully saturated rings. The van der Waals surface area contributed by atoms with Gasteiger partial charge in [-0.3, -0.25) is 9.69 Å². The van der Waals surface area contributed by atoms with Crippen molar-refractivity contribution in [3.8, 4) is 5.75 Å². The SMILES string of the molecule is CCOc1cccc2sc(N(CC3CCCO3)C(=O)Cc3ccc(C)cc3)nc12. The highest BCUT2D eigenvalue weighted by molar-refractivity contribution is 7.22. The molecular formula is C23H26N2O3S. The highest BCUT2D eigenvalue weighted by Gasteiger charge is 2.26. The number of para-hydroxylation sites is 1. The highest BCUT2D eigenvalue weighted by Crippen LogP contribution is 2.35. The molecule has 2 heterocycles. The first-order chi connectivity index (χ1) is 14.1. The molecule has 1 atom stereocenters.